The van der Waals surface area contributed by atoms with E-state index in [0.717, 1.165) is 17.0 Å². The largest absolute Gasteiger partial charge is 0.359 e. The monoisotopic (exact) mass is 340 g/mol. The van der Waals surface area contributed by atoms with E-state index in [2.05, 4.69) is 26.1 Å². The zero-order valence-corrected chi connectivity index (χ0v) is 14.3. The quantitative estimate of drug-likeness (QED) is 0.743. The van der Waals surface area contributed by atoms with Crippen molar-refractivity contribution in [1.29, 1.82) is 0 Å². The first-order valence-corrected chi connectivity index (χ1v) is 8.03. The van der Waals surface area contributed by atoms with Crippen LogP contribution in [0, 0.1) is 0 Å². The molecule has 0 radical (unpaired) electrons. The van der Waals surface area contributed by atoms with Crippen molar-refractivity contribution in [1.82, 2.24) is 25.5 Å². The third-order valence-electron chi connectivity index (χ3n) is 3.77. The van der Waals surface area contributed by atoms with Gasteiger partial charge in [-0.15, -0.1) is 5.10 Å². The summed E-state index contributed by atoms with van der Waals surface area (Å²) in [6.07, 6.45) is 3.39. The number of benzene rings is 1. The second-order valence-corrected chi connectivity index (χ2v) is 6.03. The Labute approximate surface area is 145 Å². The number of aromatic nitrogens is 4. The lowest BCUT2D eigenvalue weighted by molar-refractivity contribution is 0.249. The molecule has 2 heterocycles. The first-order chi connectivity index (χ1) is 12.0. The number of hydrogen-bond acceptors (Lipinski definition) is 5. The van der Waals surface area contributed by atoms with E-state index in [4.69, 9.17) is 4.52 Å². The number of nitrogens with one attached hydrogen (secondary N) is 2. The maximum absolute atomic E-state index is 12.1. The summed E-state index contributed by atoms with van der Waals surface area (Å²) in [4.78, 5) is 12.1. The van der Waals surface area contributed by atoms with Crippen LogP contribution in [0.2, 0.25) is 0 Å². The first kappa shape index (κ1) is 16.7. The summed E-state index contributed by atoms with van der Waals surface area (Å²) in [7, 11) is 0. The van der Waals surface area contributed by atoms with Crippen LogP contribution < -0.4 is 10.6 Å². The number of carbonyl (C=O) groups excluding carboxylic acids is 1. The Morgan fingerprint density at radius 2 is 1.96 bits per heavy atom. The van der Waals surface area contributed by atoms with Gasteiger partial charge in [0.05, 0.1) is 24.1 Å². The number of nitrogens with zero attached hydrogens (tertiary/aromatic N) is 4. The van der Waals surface area contributed by atoms with Crippen LogP contribution in [0.15, 0.2) is 47.2 Å². The molecule has 0 spiro atoms. The Bertz CT molecular complexity index is 823. The molecule has 0 bridgehead atoms. The van der Waals surface area contributed by atoms with E-state index in [9.17, 15) is 4.79 Å². The Kier molecular flexibility index (Phi) is 4.78. The average Bonchev–Trinajstić information content (AvgIpc) is 3.26. The molecule has 2 aromatic heterocycles. The maximum Gasteiger partial charge on any atom is 0.320 e. The molecule has 130 valence electrons. The second-order valence-electron chi connectivity index (χ2n) is 6.03. The Hall–Kier alpha value is -3.16. The van der Waals surface area contributed by atoms with E-state index in [1.807, 2.05) is 45.0 Å². The molecule has 25 heavy (non-hydrogen) atoms. The molecule has 2 N–H and O–H groups in total. The summed E-state index contributed by atoms with van der Waals surface area (Å²) in [6, 6.07) is 8.95. The molecule has 8 heteroatoms. The maximum atomic E-state index is 12.1. The van der Waals surface area contributed by atoms with Gasteiger partial charge in [0, 0.05) is 12.0 Å². The van der Waals surface area contributed by atoms with Gasteiger partial charge in [0.2, 0.25) is 0 Å². The molecule has 3 aromatic rings. The SMILES string of the molecule is CC(C)c1cc(NC(=O)N[C@H](C)c2ccc(-n3ccnn3)cc2)no1. The van der Waals surface area contributed by atoms with Gasteiger partial charge in [-0.3, -0.25) is 5.32 Å². The van der Waals surface area contributed by atoms with Gasteiger partial charge in [0.15, 0.2) is 5.82 Å². The lowest BCUT2D eigenvalue weighted by atomic mass is 10.1. The molecular weight excluding hydrogens is 320 g/mol. The molecule has 0 aliphatic carbocycles. The predicted molar refractivity (Wildman–Crippen MR) is 92.5 cm³/mol. The van der Waals surface area contributed by atoms with Crippen LogP contribution in [0.3, 0.4) is 0 Å². The van der Waals surface area contributed by atoms with Crippen molar-refractivity contribution in [3.8, 4) is 5.69 Å². The van der Waals surface area contributed by atoms with Crippen LogP contribution in [0.25, 0.3) is 5.69 Å². The highest BCUT2D eigenvalue weighted by molar-refractivity contribution is 5.88. The van der Waals surface area contributed by atoms with Gasteiger partial charge in [0.1, 0.15) is 5.76 Å². The van der Waals surface area contributed by atoms with Gasteiger partial charge in [-0.05, 0) is 24.6 Å². The zero-order valence-electron chi connectivity index (χ0n) is 14.3. The van der Waals surface area contributed by atoms with Gasteiger partial charge in [-0.1, -0.05) is 36.4 Å². The van der Waals surface area contributed by atoms with Crippen molar-refractivity contribution in [3.63, 3.8) is 0 Å². The van der Waals surface area contributed by atoms with Gasteiger partial charge < -0.3 is 9.84 Å². The van der Waals surface area contributed by atoms with Crippen LogP contribution in [-0.4, -0.2) is 26.2 Å². The molecule has 2 amide bonds. The fourth-order valence-electron chi connectivity index (χ4n) is 2.31. The molecular formula is C17H20N6O2. The third kappa shape index (κ3) is 4.03. The third-order valence-corrected chi connectivity index (χ3v) is 3.77. The van der Waals surface area contributed by atoms with E-state index >= 15 is 0 Å². The minimum Gasteiger partial charge on any atom is -0.359 e. The molecule has 0 saturated carbocycles. The summed E-state index contributed by atoms with van der Waals surface area (Å²) in [5.74, 6) is 1.34. The number of anilines is 1. The molecule has 0 unspecified atom stereocenters. The van der Waals surface area contributed by atoms with Crippen LogP contribution in [-0.2, 0) is 0 Å². The van der Waals surface area contributed by atoms with Crippen molar-refractivity contribution in [2.24, 2.45) is 0 Å². The summed E-state index contributed by atoms with van der Waals surface area (Å²) in [6.45, 7) is 5.90. The molecule has 0 fully saturated rings. The van der Waals surface area contributed by atoms with Gasteiger partial charge in [-0.2, -0.15) is 0 Å². The fourth-order valence-corrected chi connectivity index (χ4v) is 2.31. The minimum atomic E-state index is -0.337. The van der Waals surface area contributed by atoms with Crippen molar-refractivity contribution < 1.29 is 9.32 Å². The minimum absolute atomic E-state index is 0.165. The highest BCUT2D eigenvalue weighted by Crippen LogP contribution is 2.18. The molecule has 0 aliphatic rings. The fraction of sp³-hybridized carbons (Fsp3) is 0.294. The van der Waals surface area contributed by atoms with Crippen LogP contribution >= 0.6 is 0 Å². The highest BCUT2D eigenvalue weighted by atomic mass is 16.5. The van der Waals surface area contributed by atoms with E-state index in [0.29, 0.717) is 5.82 Å². The number of amides is 2. The number of rotatable bonds is 5. The molecule has 0 aliphatic heterocycles. The number of hydrogen-bond donors (Lipinski definition) is 2. The molecule has 1 atom stereocenters. The van der Waals surface area contributed by atoms with E-state index in [-0.39, 0.29) is 18.0 Å². The predicted octanol–water partition coefficient (Wildman–Crippen LogP) is 3.26. The van der Waals surface area contributed by atoms with Crippen LogP contribution in [0.5, 0.6) is 0 Å². The number of urea groups is 1. The Morgan fingerprint density at radius 3 is 2.56 bits per heavy atom. The van der Waals surface area contributed by atoms with Gasteiger partial charge >= 0.3 is 6.03 Å². The van der Waals surface area contributed by atoms with Crippen molar-refractivity contribution in [2.45, 2.75) is 32.7 Å². The second kappa shape index (κ2) is 7.16. The standard InChI is InChI=1S/C17H20N6O2/c1-11(2)15-10-16(21-25-15)20-17(24)19-12(3)13-4-6-14(7-5-13)23-9-8-18-22-23/h4-12H,1-3H3,(H2,19,20,21,24)/t12-/m1/s1. The highest BCUT2D eigenvalue weighted by Gasteiger charge is 2.13. The van der Waals surface area contributed by atoms with E-state index < -0.39 is 0 Å². The smallest absolute Gasteiger partial charge is 0.320 e. The average molecular weight is 340 g/mol. The molecule has 0 saturated heterocycles. The number of carbonyl (C=O) groups is 1. The summed E-state index contributed by atoms with van der Waals surface area (Å²) >= 11 is 0. The first-order valence-electron chi connectivity index (χ1n) is 8.03. The molecule has 3 rings (SSSR count). The molecule has 1 aromatic carbocycles. The van der Waals surface area contributed by atoms with E-state index in [1.165, 1.54) is 0 Å². The Balaban J connectivity index is 1.59. The van der Waals surface area contributed by atoms with Crippen molar-refractivity contribution in [3.05, 3.63) is 54.0 Å². The van der Waals surface area contributed by atoms with Crippen molar-refractivity contribution >= 4 is 11.8 Å². The van der Waals surface area contributed by atoms with Crippen molar-refractivity contribution in [2.75, 3.05) is 5.32 Å². The summed E-state index contributed by atoms with van der Waals surface area (Å²) < 4.78 is 6.83. The summed E-state index contributed by atoms with van der Waals surface area (Å²) in [5, 5.41) is 17.1. The zero-order chi connectivity index (χ0) is 17.8. The summed E-state index contributed by atoms with van der Waals surface area (Å²) in [5.41, 5.74) is 1.88. The molecule has 8 nitrogen and oxygen atoms in total. The topological polar surface area (TPSA) is 97.9 Å². The van der Waals surface area contributed by atoms with Crippen LogP contribution in [0.4, 0.5) is 10.6 Å². The van der Waals surface area contributed by atoms with Gasteiger partial charge in [0.25, 0.3) is 0 Å². The van der Waals surface area contributed by atoms with E-state index in [1.54, 1.807) is 23.1 Å². The normalized spacial score (nSPS) is 12.2. The van der Waals surface area contributed by atoms with Crippen LogP contribution in [0.1, 0.15) is 44.1 Å². The lowest BCUT2D eigenvalue weighted by Gasteiger charge is -2.14. The lowest BCUT2D eigenvalue weighted by Crippen LogP contribution is -2.31. The van der Waals surface area contributed by atoms with Gasteiger partial charge in [-0.25, -0.2) is 9.48 Å². The Morgan fingerprint density at radius 1 is 1.20 bits per heavy atom.